The topological polar surface area (TPSA) is 0 Å². The minimum absolute atomic E-state index is 1.32. The zero-order chi connectivity index (χ0) is 13.0. The summed E-state index contributed by atoms with van der Waals surface area (Å²) in [5.41, 5.74) is 2.66. The highest BCUT2D eigenvalue weighted by molar-refractivity contribution is 7.26. The van der Waals surface area contributed by atoms with Crippen LogP contribution in [0.25, 0.3) is 30.9 Å². The van der Waals surface area contributed by atoms with Gasteiger partial charge in [0, 0.05) is 20.2 Å². The first-order chi connectivity index (χ1) is 9.22. The average molecular weight is 262 g/mol. The Morgan fingerprint density at radius 1 is 0.684 bits per heavy atom. The van der Waals surface area contributed by atoms with Crippen LogP contribution >= 0.6 is 11.3 Å². The van der Waals surface area contributed by atoms with Gasteiger partial charge >= 0.3 is 0 Å². The van der Waals surface area contributed by atoms with E-state index in [1.807, 2.05) is 11.3 Å². The van der Waals surface area contributed by atoms with Gasteiger partial charge in [-0.1, -0.05) is 48.0 Å². The van der Waals surface area contributed by atoms with E-state index in [0.29, 0.717) is 0 Å². The molecule has 0 unspecified atom stereocenters. The Balaban J connectivity index is 2.24. The maximum absolute atomic E-state index is 2.29. The minimum Gasteiger partial charge on any atom is -0.135 e. The second-order valence-electron chi connectivity index (χ2n) is 5.27. The highest BCUT2D eigenvalue weighted by Crippen LogP contribution is 2.38. The Bertz CT molecular complexity index is 929. The number of fused-ring (bicyclic) bond motifs is 5. The fourth-order valence-electron chi connectivity index (χ4n) is 2.79. The van der Waals surface area contributed by atoms with E-state index in [0.717, 1.165) is 0 Å². The van der Waals surface area contributed by atoms with Crippen LogP contribution in [0.5, 0.6) is 0 Å². The van der Waals surface area contributed by atoms with Gasteiger partial charge in [0.15, 0.2) is 0 Å². The van der Waals surface area contributed by atoms with Crippen LogP contribution < -0.4 is 0 Å². The predicted octanol–water partition coefficient (Wildman–Crippen LogP) is 5.82. The molecule has 0 saturated carbocycles. The van der Waals surface area contributed by atoms with Crippen molar-refractivity contribution in [1.29, 1.82) is 0 Å². The molecule has 0 fully saturated rings. The lowest BCUT2D eigenvalue weighted by Gasteiger charge is -2.01. The van der Waals surface area contributed by atoms with Crippen molar-refractivity contribution in [3.05, 3.63) is 59.7 Å². The molecule has 0 aliphatic heterocycles. The van der Waals surface area contributed by atoms with Gasteiger partial charge in [0.05, 0.1) is 0 Å². The molecule has 0 nitrogen and oxygen atoms in total. The molecule has 3 aromatic carbocycles. The number of aryl methyl sites for hydroxylation is 2. The van der Waals surface area contributed by atoms with Crippen molar-refractivity contribution in [2.75, 3.05) is 0 Å². The number of thiophene rings is 1. The monoisotopic (exact) mass is 262 g/mol. The van der Waals surface area contributed by atoms with Crippen LogP contribution in [0.4, 0.5) is 0 Å². The summed E-state index contributed by atoms with van der Waals surface area (Å²) < 4.78 is 2.81. The van der Waals surface area contributed by atoms with E-state index in [4.69, 9.17) is 0 Å². The first kappa shape index (κ1) is 11.0. The maximum atomic E-state index is 2.29. The van der Waals surface area contributed by atoms with E-state index in [2.05, 4.69) is 62.4 Å². The molecule has 1 aromatic heterocycles. The average Bonchev–Trinajstić information content (AvgIpc) is 2.75. The summed E-state index contributed by atoms with van der Waals surface area (Å²) in [5.74, 6) is 0. The van der Waals surface area contributed by atoms with E-state index in [1.54, 1.807) is 0 Å². The fourth-order valence-corrected chi connectivity index (χ4v) is 4.13. The molecule has 19 heavy (non-hydrogen) atoms. The normalized spacial score (nSPS) is 11.7. The van der Waals surface area contributed by atoms with Gasteiger partial charge in [-0.2, -0.15) is 0 Å². The Hall–Kier alpha value is -1.86. The molecule has 92 valence electrons. The second kappa shape index (κ2) is 3.82. The lowest BCUT2D eigenvalue weighted by atomic mass is 10.0. The SMILES string of the molecule is Cc1ccc2c(ccc3c4ccc(C)cc4sc23)c1. The Kier molecular flexibility index (Phi) is 2.21. The molecule has 0 amide bonds. The lowest BCUT2D eigenvalue weighted by molar-refractivity contribution is 1.51. The number of hydrogen-bond acceptors (Lipinski definition) is 1. The molecule has 4 rings (SSSR count). The van der Waals surface area contributed by atoms with Gasteiger partial charge in [0.2, 0.25) is 0 Å². The van der Waals surface area contributed by atoms with Gasteiger partial charge in [-0.05, 0) is 36.2 Å². The van der Waals surface area contributed by atoms with Gasteiger partial charge in [0.25, 0.3) is 0 Å². The smallest absolute Gasteiger partial charge is 0.0433 e. The van der Waals surface area contributed by atoms with E-state index in [-0.39, 0.29) is 0 Å². The van der Waals surface area contributed by atoms with Crippen molar-refractivity contribution in [3.8, 4) is 0 Å². The van der Waals surface area contributed by atoms with Crippen LogP contribution in [0.15, 0.2) is 48.5 Å². The molecule has 0 bridgehead atoms. The Labute approximate surface area is 116 Å². The van der Waals surface area contributed by atoms with Crippen molar-refractivity contribution in [1.82, 2.24) is 0 Å². The van der Waals surface area contributed by atoms with Crippen LogP contribution in [0, 0.1) is 13.8 Å². The molecule has 1 heterocycles. The minimum atomic E-state index is 1.32. The van der Waals surface area contributed by atoms with Gasteiger partial charge in [-0.25, -0.2) is 0 Å². The molecule has 0 atom stereocenters. The predicted molar refractivity (Wildman–Crippen MR) is 86.3 cm³/mol. The summed E-state index contributed by atoms with van der Waals surface area (Å²) in [6.45, 7) is 4.31. The molecular weight excluding hydrogens is 248 g/mol. The van der Waals surface area contributed by atoms with Crippen LogP contribution in [-0.4, -0.2) is 0 Å². The summed E-state index contributed by atoms with van der Waals surface area (Å²) in [4.78, 5) is 0. The molecule has 0 N–H and O–H groups in total. The summed E-state index contributed by atoms with van der Waals surface area (Å²) in [5, 5.41) is 5.49. The molecule has 0 spiro atoms. The van der Waals surface area contributed by atoms with Crippen LogP contribution in [0.3, 0.4) is 0 Å². The Morgan fingerprint density at radius 2 is 1.37 bits per heavy atom. The van der Waals surface area contributed by atoms with Crippen molar-refractivity contribution in [2.24, 2.45) is 0 Å². The van der Waals surface area contributed by atoms with Gasteiger partial charge in [-0.15, -0.1) is 11.3 Å². The summed E-state index contributed by atoms with van der Waals surface area (Å²) in [7, 11) is 0. The van der Waals surface area contributed by atoms with Crippen molar-refractivity contribution >= 4 is 42.3 Å². The van der Waals surface area contributed by atoms with Crippen molar-refractivity contribution in [2.45, 2.75) is 13.8 Å². The summed E-state index contributed by atoms with van der Waals surface area (Å²) in [6.07, 6.45) is 0. The first-order valence-corrected chi connectivity index (χ1v) is 7.36. The van der Waals surface area contributed by atoms with Gasteiger partial charge in [0.1, 0.15) is 0 Å². The van der Waals surface area contributed by atoms with E-state index >= 15 is 0 Å². The fraction of sp³-hybridized carbons (Fsp3) is 0.111. The first-order valence-electron chi connectivity index (χ1n) is 6.54. The molecule has 1 heteroatoms. The zero-order valence-electron chi connectivity index (χ0n) is 11.0. The molecule has 0 saturated heterocycles. The number of benzene rings is 3. The molecule has 0 aliphatic rings. The second-order valence-corrected chi connectivity index (χ2v) is 6.32. The largest absolute Gasteiger partial charge is 0.135 e. The Morgan fingerprint density at radius 3 is 2.21 bits per heavy atom. The molecule has 0 radical (unpaired) electrons. The molecule has 4 aromatic rings. The molecular formula is C18H14S. The van der Waals surface area contributed by atoms with Crippen molar-refractivity contribution in [3.63, 3.8) is 0 Å². The third kappa shape index (κ3) is 1.58. The third-order valence-corrected chi connectivity index (χ3v) is 4.97. The van der Waals surface area contributed by atoms with Crippen LogP contribution in [-0.2, 0) is 0 Å². The summed E-state index contributed by atoms with van der Waals surface area (Å²) >= 11 is 1.91. The quantitative estimate of drug-likeness (QED) is 0.374. The highest BCUT2D eigenvalue weighted by atomic mass is 32.1. The maximum Gasteiger partial charge on any atom is 0.0433 e. The van der Waals surface area contributed by atoms with E-state index in [1.165, 1.54) is 42.1 Å². The number of rotatable bonds is 0. The van der Waals surface area contributed by atoms with E-state index in [9.17, 15) is 0 Å². The van der Waals surface area contributed by atoms with E-state index < -0.39 is 0 Å². The zero-order valence-corrected chi connectivity index (χ0v) is 11.8. The standard InChI is InChI=1S/C18H14S/c1-11-3-6-14-13(9-11)5-8-16-15-7-4-12(2)10-17(15)19-18(14)16/h3-10H,1-2H3. The van der Waals surface area contributed by atoms with Crippen molar-refractivity contribution < 1.29 is 0 Å². The third-order valence-electron chi connectivity index (χ3n) is 3.77. The number of hydrogen-bond donors (Lipinski definition) is 0. The lowest BCUT2D eigenvalue weighted by Crippen LogP contribution is -1.75. The van der Waals surface area contributed by atoms with Gasteiger partial charge < -0.3 is 0 Å². The molecule has 0 aliphatic carbocycles. The highest BCUT2D eigenvalue weighted by Gasteiger charge is 2.08. The van der Waals surface area contributed by atoms with Crippen LogP contribution in [0.1, 0.15) is 11.1 Å². The van der Waals surface area contributed by atoms with Crippen LogP contribution in [0.2, 0.25) is 0 Å². The van der Waals surface area contributed by atoms with Gasteiger partial charge in [-0.3, -0.25) is 0 Å². The summed E-state index contributed by atoms with van der Waals surface area (Å²) in [6, 6.07) is 18.0.